The van der Waals surface area contributed by atoms with Crippen molar-refractivity contribution in [1.29, 1.82) is 0 Å². The van der Waals surface area contributed by atoms with Crippen LogP contribution in [0.5, 0.6) is 0 Å². The highest BCUT2D eigenvalue weighted by Gasteiger charge is 2.25. The summed E-state index contributed by atoms with van der Waals surface area (Å²) >= 11 is 1.84. The molecule has 0 aromatic carbocycles. The van der Waals surface area contributed by atoms with Gasteiger partial charge >= 0.3 is 5.69 Å². The van der Waals surface area contributed by atoms with E-state index in [-0.39, 0.29) is 23.5 Å². The molecule has 0 saturated heterocycles. The van der Waals surface area contributed by atoms with Gasteiger partial charge in [-0.1, -0.05) is 6.42 Å². The van der Waals surface area contributed by atoms with E-state index >= 15 is 0 Å². The molecule has 19 heavy (non-hydrogen) atoms. The predicted molar refractivity (Wildman–Crippen MR) is 76.3 cm³/mol. The van der Waals surface area contributed by atoms with Crippen molar-refractivity contribution < 1.29 is 4.92 Å². The molecular weight excluding hydrogens is 266 g/mol. The number of nitrogens with one attached hydrogen (secondary N) is 1. The molecule has 1 aliphatic rings. The Morgan fingerprint density at radius 2 is 2.37 bits per heavy atom. The molecular formula is C11H17N5O2S. The van der Waals surface area contributed by atoms with Gasteiger partial charge in [0, 0.05) is 11.3 Å². The van der Waals surface area contributed by atoms with Crippen molar-refractivity contribution in [2.45, 2.75) is 37.0 Å². The smallest absolute Gasteiger partial charge is 0.329 e. The van der Waals surface area contributed by atoms with Crippen LogP contribution in [0.2, 0.25) is 0 Å². The number of rotatable bonds is 4. The summed E-state index contributed by atoms with van der Waals surface area (Å²) in [5, 5.41) is 14.7. The number of nitrogens with zero attached hydrogens (tertiary/aromatic N) is 3. The fourth-order valence-electron chi connectivity index (χ4n) is 2.31. The second kappa shape index (κ2) is 6.05. The van der Waals surface area contributed by atoms with Crippen molar-refractivity contribution in [2.75, 3.05) is 17.3 Å². The van der Waals surface area contributed by atoms with Crippen LogP contribution < -0.4 is 11.1 Å². The van der Waals surface area contributed by atoms with Crippen molar-refractivity contribution in [3.8, 4) is 0 Å². The largest absolute Gasteiger partial charge is 0.368 e. The van der Waals surface area contributed by atoms with Crippen LogP contribution >= 0.6 is 11.8 Å². The van der Waals surface area contributed by atoms with Gasteiger partial charge in [0.15, 0.2) is 0 Å². The predicted octanol–water partition coefficient (Wildman–Crippen LogP) is 2.05. The zero-order chi connectivity index (χ0) is 13.8. The molecule has 7 nitrogen and oxygen atoms in total. The van der Waals surface area contributed by atoms with Gasteiger partial charge in [-0.25, -0.2) is 4.98 Å². The van der Waals surface area contributed by atoms with Gasteiger partial charge in [0.05, 0.1) is 4.92 Å². The number of nitro groups is 1. The minimum atomic E-state index is -0.489. The highest BCUT2D eigenvalue weighted by molar-refractivity contribution is 7.99. The normalized spacial score (nSPS) is 23.0. The van der Waals surface area contributed by atoms with Crippen LogP contribution in [0.3, 0.4) is 0 Å². The van der Waals surface area contributed by atoms with Crippen LogP contribution in [0.4, 0.5) is 17.5 Å². The van der Waals surface area contributed by atoms with Gasteiger partial charge in [-0.2, -0.15) is 16.7 Å². The Balaban J connectivity index is 2.13. The summed E-state index contributed by atoms with van der Waals surface area (Å²) in [6, 6.07) is 0.208. The molecule has 1 aromatic heterocycles. The lowest BCUT2D eigenvalue weighted by atomic mass is 9.95. The summed E-state index contributed by atoms with van der Waals surface area (Å²) in [6.45, 7) is 0. The zero-order valence-corrected chi connectivity index (χ0v) is 11.5. The molecule has 3 N–H and O–H groups in total. The summed E-state index contributed by atoms with van der Waals surface area (Å²) < 4.78 is 0. The summed E-state index contributed by atoms with van der Waals surface area (Å²) in [5.74, 6) is 0.273. The molecule has 1 heterocycles. The molecule has 1 fully saturated rings. The fourth-order valence-corrected chi connectivity index (χ4v) is 3.14. The maximum Gasteiger partial charge on any atom is 0.329 e. The van der Waals surface area contributed by atoms with Crippen molar-refractivity contribution >= 4 is 29.2 Å². The third-order valence-corrected chi connectivity index (χ3v) is 4.38. The van der Waals surface area contributed by atoms with E-state index in [1.165, 1.54) is 6.42 Å². The average Bonchev–Trinajstić information content (AvgIpc) is 2.38. The van der Waals surface area contributed by atoms with Gasteiger partial charge in [0.1, 0.15) is 6.20 Å². The second-order valence-corrected chi connectivity index (χ2v) is 5.72. The van der Waals surface area contributed by atoms with Gasteiger partial charge in [0.2, 0.25) is 11.8 Å². The Morgan fingerprint density at radius 1 is 1.58 bits per heavy atom. The summed E-state index contributed by atoms with van der Waals surface area (Å²) in [5.41, 5.74) is 5.37. The van der Waals surface area contributed by atoms with E-state index in [1.807, 2.05) is 11.8 Å². The molecule has 0 bridgehead atoms. The molecule has 1 aliphatic carbocycles. The van der Waals surface area contributed by atoms with Crippen LogP contribution in [0, 0.1) is 10.1 Å². The topological polar surface area (TPSA) is 107 Å². The van der Waals surface area contributed by atoms with Gasteiger partial charge < -0.3 is 11.1 Å². The third kappa shape index (κ3) is 3.46. The van der Waals surface area contributed by atoms with Crippen LogP contribution in [0.15, 0.2) is 6.20 Å². The zero-order valence-electron chi connectivity index (χ0n) is 10.7. The summed E-state index contributed by atoms with van der Waals surface area (Å²) in [7, 11) is 0. The van der Waals surface area contributed by atoms with E-state index in [4.69, 9.17) is 5.73 Å². The molecule has 1 aromatic rings. The first-order valence-electron chi connectivity index (χ1n) is 6.16. The third-order valence-electron chi connectivity index (χ3n) is 3.29. The Morgan fingerprint density at radius 3 is 3.05 bits per heavy atom. The number of hydrogen-bond acceptors (Lipinski definition) is 7. The first kappa shape index (κ1) is 13.9. The number of anilines is 2. The molecule has 0 aliphatic heterocycles. The van der Waals surface area contributed by atoms with Crippen molar-refractivity contribution in [3.63, 3.8) is 0 Å². The molecule has 2 rings (SSSR count). The average molecular weight is 283 g/mol. The lowest BCUT2D eigenvalue weighted by Gasteiger charge is -2.28. The van der Waals surface area contributed by atoms with Crippen LogP contribution in [-0.4, -0.2) is 32.4 Å². The number of nitrogen functional groups attached to an aromatic ring is 1. The Hall–Kier alpha value is -1.57. The van der Waals surface area contributed by atoms with Gasteiger partial charge in [-0.3, -0.25) is 10.1 Å². The molecule has 8 heteroatoms. The van der Waals surface area contributed by atoms with Crippen molar-refractivity contribution in [2.24, 2.45) is 0 Å². The van der Waals surface area contributed by atoms with Gasteiger partial charge in [-0.05, 0) is 25.5 Å². The lowest BCUT2D eigenvalue weighted by molar-refractivity contribution is -0.384. The van der Waals surface area contributed by atoms with E-state index in [0.717, 1.165) is 25.5 Å². The van der Waals surface area contributed by atoms with E-state index in [0.29, 0.717) is 5.25 Å². The summed E-state index contributed by atoms with van der Waals surface area (Å²) in [6.07, 6.45) is 7.56. The quantitative estimate of drug-likeness (QED) is 0.643. The van der Waals surface area contributed by atoms with Crippen LogP contribution in [-0.2, 0) is 0 Å². The first-order chi connectivity index (χ1) is 9.10. The van der Waals surface area contributed by atoms with E-state index in [1.54, 1.807) is 0 Å². The van der Waals surface area contributed by atoms with Crippen molar-refractivity contribution in [1.82, 2.24) is 9.97 Å². The molecule has 1 saturated carbocycles. The second-order valence-electron chi connectivity index (χ2n) is 4.58. The number of nitrogens with two attached hydrogens (primary N) is 1. The molecule has 0 radical (unpaired) electrons. The first-order valence-corrected chi connectivity index (χ1v) is 7.45. The van der Waals surface area contributed by atoms with E-state index < -0.39 is 4.92 Å². The monoisotopic (exact) mass is 283 g/mol. The van der Waals surface area contributed by atoms with Crippen LogP contribution in [0.1, 0.15) is 25.7 Å². The Bertz CT molecular complexity index is 470. The summed E-state index contributed by atoms with van der Waals surface area (Å²) in [4.78, 5) is 18.1. The number of aromatic nitrogens is 2. The Labute approximate surface area is 115 Å². The Kier molecular flexibility index (Phi) is 4.41. The molecule has 104 valence electrons. The molecule has 0 amide bonds. The number of hydrogen-bond donors (Lipinski definition) is 2. The minimum absolute atomic E-state index is 0.0466. The molecule has 0 spiro atoms. The van der Waals surface area contributed by atoms with Crippen molar-refractivity contribution in [3.05, 3.63) is 16.3 Å². The fraction of sp³-hybridized carbons (Fsp3) is 0.636. The van der Waals surface area contributed by atoms with E-state index in [9.17, 15) is 10.1 Å². The highest BCUT2D eigenvalue weighted by Crippen LogP contribution is 2.30. The SMILES string of the molecule is CSC1CCCC(Nc2nc(N)ncc2[N+](=O)[O-])C1. The van der Waals surface area contributed by atoms with Crippen LogP contribution in [0.25, 0.3) is 0 Å². The molecule has 2 unspecified atom stereocenters. The van der Waals surface area contributed by atoms with E-state index in [2.05, 4.69) is 21.5 Å². The van der Waals surface area contributed by atoms with Gasteiger partial charge in [0.25, 0.3) is 0 Å². The van der Waals surface area contributed by atoms with Gasteiger partial charge in [-0.15, -0.1) is 0 Å². The maximum atomic E-state index is 10.9. The standard InChI is InChI=1S/C11H17N5O2S/c1-19-8-4-2-3-7(5-8)14-10-9(16(17)18)6-13-11(12)15-10/h6-8H,2-5H2,1H3,(H3,12,13,14,15). The molecule has 2 atom stereocenters. The number of thioether (sulfide) groups is 1. The lowest BCUT2D eigenvalue weighted by Crippen LogP contribution is -2.29. The maximum absolute atomic E-state index is 10.9. The minimum Gasteiger partial charge on any atom is -0.368 e. The highest BCUT2D eigenvalue weighted by atomic mass is 32.2.